The maximum Gasteiger partial charge on any atom is 0.0702 e. The Morgan fingerprint density at radius 3 is 2.65 bits per heavy atom. The van der Waals surface area contributed by atoms with Crippen molar-refractivity contribution < 1.29 is 4.74 Å². The largest absolute Gasteiger partial charge is 0.377 e. The van der Waals surface area contributed by atoms with Crippen LogP contribution < -0.4 is 5.73 Å². The van der Waals surface area contributed by atoms with E-state index in [0.717, 1.165) is 26.2 Å². The van der Waals surface area contributed by atoms with Crippen LogP contribution in [0.3, 0.4) is 0 Å². The van der Waals surface area contributed by atoms with Crippen LogP contribution in [-0.4, -0.2) is 43.3 Å². The number of likely N-dealkylation sites (N-methyl/N-ethyl adjacent to an activating group) is 1. The molecule has 0 radical (unpaired) electrons. The Morgan fingerprint density at radius 2 is 2.00 bits per heavy atom. The van der Waals surface area contributed by atoms with Gasteiger partial charge < -0.3 is 10.5 Å². The second kappa shape index (κ2) is 6.72. The van der Waals surface area contributed by atoms with E-state index in [0.29, 0.717) is 18.1 Å². The van der Waals surface area contributed by atoms with Crippen molar-refractivity contribution in [3.8, 4) is 0 Å². The highest BCUT2D eigenvalue weighted by atomic mass is 16.5. The molecule has 0 spiro atoms. The summed E-state index contributed by atoms with van der Waals surface area (Å²) in [5.41, 5.74) is 5.94. The van der Waals surface area contributed by atoms with Crippen LogP contribution in [0.25, 0.3) is 0 Å². The summed E-state index contributed by atoms with van der Waals surface area (Å²) in [5.74, 6) is 0.713. The van der Waals surface area contributed by atoms with Crippen molar-refractivity contribution in [3.05, 3.63) is 0 Å². The van der Waals surface area contributed by atoms with Gasteiger partial charge in [0, 0.05) is 19.2 Å². The van der Waals surface area contributed by atoms with Crippen LogP contribution >= 0.6 is 0 Å². The van der Waals surface area contributed by atoms with E-state index in [-0.39, 0.29) is 0 Å². The molecule has 2 fully saturated rings. The fourth-order valence-electron chi connectivity index (χ4n) is 3.49. The minimum absolute atomic E-state index is 0.482. The molecule has 0 bridgehead atoms. The molecule has 0 aromatic carbocycles. The molecule has 1 saturated heterocycles. The molecule has 0 amide bonds. The molecule has 1 saturated carbocycles. The van der Waals surface area contributed by atoms with Gasteiger partial charge in [-0.25, -0.2) is 0 Å². The Kier molecular flexibility index (Phi) is 5.26. The van der Waals surface area contributed by atoms with E-state index < -0.39 is 0 Å². The topological polar surface area (TPSA) is 38.5 Å². The summed E-state index contributed by atoms with van der Waals surface area (Å²) in [6, 6.07) is 0.711. The monoisotopic (exact) mass is 240 g/mol. The number of nitrogens with two attached hydrogens (primary N) is 1. The van der Waals surface area contributed by atoms with Gasteiger partial charge in [-0.3, -0.25) is 4.90 Å². The lowest BCUT2D eigenvalue weighted by molar-refractivity contribution is 0.0356. The van der Waals surface area contributed by atoms with E-state index in [4.69, 9.17) is 10.5 Å². The fraction of sp³-hybridized carbons (Fsp3) is 1.00. The number of nitrogens with zero attached hydrogens (tertiary/aromatic N) is 1. The summed E-state index contributed by atoms with van der Waals surface area (Å²) < 4.78 is 5.77. The zero-order valence-electron chi connectivity index (χ0n) is 11.2. The van der Waals surface area contributed by atoms with Crippen molar-refractivity contribution >= 4 is 0 Å². The first-order chi connectivity index (χ1) is 8.35. The fourth-order valence-corrected chi connectivity index (χ4v) is 3.49. The summed E-state index contributed by atoms with van der Waals surface area (Å²) in [6.45, 7) is 6.36. The van der Waals surface area contributed by atoms with Crippen LogP contribution in [0.1, 0.15) is 45.4 Å². The Labute approximate surface area is 106 Å². The highest BCUT2D eigenvalue weighted by Crippen LogP contribution is 2.28. The van der Waals surface area contributed by atoms with Crippen molar-refractivity contribution in [2.45, 2.75) is 57.6 Å². The Bertz CT molecular complexity index is 216. The van der Waals surface area contributed by atoms with Crippen LogP contribution in [0.15, 0.2) is 0 Å². The molecule has 1 aliphatic heterocycles. The van der Waals surface area contributed by atoms with E-state index >= 15 is 0 Å². The summed E-state index contributed by atoms with van der Waals surface area (Å²) in [5, 5.41) is 0. The third-order valence-corrected chi connectivity index (χ3v) is 4.51. The van der Waals surface area contributed by atoms with Crippen molar-refractivity contribution in [2.24, 2.45) is 11.7 Å². The second-order valence-corrected chi connectivity index (χ2v) is 5.57. The molecule has 1 heterocycles. The number of rotatable bonds is 5. The van der Waals surface area contributed by atoms with Gasteiger partial charge in [0.05, 0.1) is 6.10 Å². The molecule has 3 atom stereocenters. The van der Waals surface area contributed by atoms with Crippen LogP contribution in [0.2, 0.25) is 0 Å². The molecule has 17 heavy (non-hydrogen) atoms. The van der Waals surface area contributed by atoms with Crippen molar-refractivity contribution in [1.29, 1.82) is 0 Å². The SMILES string of the molecule is CCN(CC1CCCO1)C1CCCCC1CN. The van der Waals surface area contributed by atoms with Crippen LogP contribution in [-0.2, 0) is 4.74 Å². The number of hydrogen-bond donors (Lipinski definition) is 1. The Morgan fingerprint density at radius 1 is 1.18 bits per heavy atom. The second-order valence-electron chi connectivity index (χ2n) is 5.57. The predicted octanol–water partition coefficient (Wildman–Crippen LogP) is 2.00. The first kappa shape index (κ1) is 13.3. The van der Waals surface area contributed by atoms with E-state index in [9.17, 15) is 0 Å². The summed E-state index contributed by atoms with van der Waals surface area (Å²) in [7, 11) is 0. The molecule has 0 aromatic heterocycles. The first-order valence-electron chi connectivity index (χ1n) is 7.40. The molecule has 3 unspecified atom stereocenters. The first-order valence-corrected chi connectivity index (χ1v) is 7.40. The smallest absolute Gasteiger partial charge is 0.0702 e. The van der Waals surface area contributed by atoms with E-state index in [1.807, 2.05) is 0 Å². The minimum atomic E-state index is 0.482. The molecule has 1 aliphatic carbocycles. The van der Waals surface area contributed by atoms with Gasteiger partial charge in [-0.05, 0) is 44.7 Å². The van der Waals surface area contributed by atoms with Gasteiger partial charge in [0.2, 0.25) is 0 Å². The van der Waals surface area contributed by atoms with Gasteiger partial charge in [-0.15, -0.1) is 0 Å². The van der Waals surface area contributed by atoms with Crippen LogP contribution in [0, 0.1) is 5.92 Å². The van der Waals surface area contributed by atoms with E-state index in [1.54, 1.807) is 0 Å². The standard InChI is InChI=1S/C14H28N2O/c1-2-16(11-13-7-5-9-17-13)14-8-4-3-6-12(14)10-15/h12-14H,2-11,15H2,1H3. The maximum absolute atomic E-state index is 5.94. The van der Waals surface area contributed by atoms with Crippen molar-refractivity contribution in [1.82, 2.24) is 4.90 Å². The predicted molar refractivity (Wildman–Crippen MR) is 71.0 cm³/mol. The third-order valence-electron chi connectivity index (χ3n) is 4.51. The lowest BCUT2D eigenvalue weighted by Crippen LogP contribution is -2.47. The summed E-state index contributed by atoms with van der Waals surface area (Å²) in [4.78, 5) is 2.63. The molecule has 3 nitrogen and oxygen atoms in total. The Balaban J connectivity index is 1.90. The molecule has 2 aliphatic rings. The van der Waals surface area contributed by atoms with Crippen molar-refractivity contribution in [2.75, 3.05) is 26.2 Å². The summed E-state index contributed by atoms with van der Waals surface area (Å²) >= 11 is 0. The van der Waals surface area contributed by atoms with Crippen LogP contribution in [0.5, 0.6) is 0 Å². The van der Waals surface area contributed by atoms with Crippen LogP contribution in [0.4, 0.5) is 0 Å². The third kappa shape index (κ3) is 3.43. The molecular formula is C14H28N2O. The lowest BCUT2D eigenvalue weighted by atomic mass is 9.83. The molecule has 3 heteroatoms. The zero-order valence-corrected chi connectivity index (χ0v) is 11.2. The van der Waals surface area contributed by atoms with Gasteiger partial charge in [-0.1, -0.05) is 19.8 Å². The number of hydrogen-bond acceptors (Lipinski definition) is 3. The van der Waals surface area contributed by atoms with Gasteiger partial charge in [0.15, 0.2) is 0 Å². The minimum Gasteiger partial charge on any atom is -0.377 e. The average molecular weight is 240 g/mol. The molecular weight excluding hydrogens is 212 g/mol. The molecule has 2 rings (SSSR count). The molecule has 2 N–H and O–H groups in total. The Hall–Kier alpha value is -0.120. The van der Waals surface area contributed by atoms with Gasteiger partial charge in [0.1, 0.15) is 0 Å². The highest BCUT2D eigenvalue weighted by molar-refractivity contribution is 4.85. The lowest BCUT2D eigenvalue weighted by Gasteiger charge is -2.40. The van der Waals surface area contributed by atoms with Gasteiger partial charge in [-0.2, -0.15) is 0 Å². The van der Waals surface area contributed by atoms with E-state index in [2.05, 4.69) is 11.8 Å². The van der Waals surface area contributed by atoms with Gasteiger partial charge >= 0.3 is 0 Å². The maximum atomic E-state index is 5.94. The van der Waals surface area contributed by atoms with Crippen molar-refractivity contribution in [3.63, 3.8) is 0 Å². The number of ether oxygens (including phenoxy) is 1. The quantitative estimate of drug-likeness (QED) is 0.799. The average Bonchev–Trinajstić information content (AvgIpc) is 2.89. The highest BCUT2D eigenvalue weighted by Gasteiger charge is 2.30. The molecule has 100 valence electrons. The summed E-state index contributed by atoms with van der Waals surface area (Å²) in [6.07, 6.45) is 8.38. The van der Waals surface area contributed by atoms with Gasteiger partial charge in [0.25, 0.3) is 0 Å². The normalized spacial score (nSPS) is 34.4. The van der Waals surface area contributed by atoms with E-state index in [1.165, 1.54) is 38.5 Å². The molecule has 0 aromatic rings. The zero-order chi connectivity index (χ0) is 12.1.